The maximum atomic E-state index is 14.8. The van der Waals surface area contributed by atoms with Crippen LogP contribution in [0, 0.1) is 5.82 Å². The van der Waals surface area contributed by atoms with Gasteiger partial charge in [0.1, 0.15) is 11.6 Å². The fourth-order valence-electron chi connectivity index (χ4n) is 3.83. The van der Waals surface area contributed by atoms with Gasteiger partial charge in [-0.15, -0.1) is 0 Å². The molecular formula is C22H22BrFN6OS. The minimum atomic E-state index is -0.418. The number of hydrogen-bond acceptors (Lipinski definition) is 8. The highest BCUT2D eigenvalue weighted by atomic mass is 79.9. The molecule has 10 heteroatoms. The average Bonchev–Trinajstić information content (AvgIpc) is 3.32. The Kier molecular flexibility index (Phi) is 5.83. The second-order valence-corrected chi connectivity index (χ2v) is 10.4. The van der Waals surface area contributed by atoms with Gasteiger partial charge in [-0.05, 0) is 59.6 Å². The molecule has 3 aromatic rings. The largest absolute Gasteiger partial charge is 0.421 e. The van der Waals surface area contributed by atoms with Gasteiger partial charge in [-0.3, -0.25) is 0 Å². The molecule has 0 bridgehead atoms. The van der Waals surface area contributed by atoms with Crippen LogP contribution in [0.15, 0.2) is 33.8 Å². The van der Waals surface area contributed by atoms with Crippen molar-refractivity contribution < 1.29 is 9.13 Å². The molecule has 0 spiro atoms. The fourth-order valence-corrected chi connectivity index (χ4v) is 4.95. The molecule has 0 amide bonds. The van der Waals surface area contributed by atoms with Crippen molar-refractivity contribution in [1.29, 1.82) is 0 Å². The van der Waals surface area contributed by atoms with E-state index in [9.17, 15) is 4.39 Å². The van der Waals surface area contributed by atoms with Crippen LogP contribution in [-0.4, -0.2) is 53.1 Å². The third-order valence-corrected chi connectivity index (χ3v) is 6.89. The van der Waals surface area contributed by atoms with E-state index in [2.05, 4.69) is 59.1 Å². The summed E-state index contributed by atoms with van der Waals surface area (Å²) in [5, 5.41) is 3.90. The molecule has 2 aromatic heterocycles. The number of fused-ring (bicyclic) bond motifs is 1. The first kappa shape index (κ1) is 21.3. The zero-order valence-electron chi connectivity index (χ0n) is 17.7. The van der Waals surface area contributed by atoms with Crippen LogP contribution in [0.4, 0.5) is 21.2 Å². The zero-order valence-corrected chi connectivity index (χ0v) is 20.1. The lowest BCUT2D eigenvalue weighted by atomic mass is 10.1. The van der Waals surface area contributed by atoms with E-state index in [1.54, 1.807) is 12.3 Å². The Labute approximate surface area is 198 Å². The van der Waals surface area contributed by atoms with Crippen LogP contribution in [0.1, 0.15) is 18.1 Å². The highest BCUT2D eigenvalue weighted by molar-refractivity contribution is 9.11. The Morgan fingerprint density at radius 1 is 1.16 bits per heavy atom. The molecule has 7 nitrogen and oxygen atoms in total. The van der Waals surface area contributed by atoms with E-state index in [4.69, 9.17) is 4.74 Å². The van der Waals surface area contributed by atoms with E-state index in [1.807, 2.05) is 13.0 Å². The number of benzene rings is 1. The number of halogens is 2. The Morgan fingerprint density at radius 2 is 1.97 bits per heavy atom. The van der Waals surface area contributed by atoms with Gasteiger partial charge in [-0.25, -0.2) is 9.37 Å². The molecule has 0 radical (unpaired) electrons. The van der Waals surface area contributed by atoms with Gasteiger partial charge in [0.05, 0.1) is 9.98 Å². The molecule has 0 unspecified atom stereocenters. The summed E-state index contributed by atoms with van der Waals surface area (Å²) in [6.45, 7) is 5.59. The van der Waals surface area contributed by atoms with Crippen LogP contribution in [0.25, 0.3) is 6.08 Å². The van der Waals surface area contributed by atoms with Crippen LogP contribution in [-0.2, 0) is 6.42 Å². The molecule has 166 valence electrons. The standard InChI is InChI=1S/C22H22BrFN6OS/c1-13-7-14-9-16(24)17(10-15(14)8-13)31-21-26-19(27-22-25-12-18(23)32-22)11-20(28-21)30-5-3-29(2)4-6-30/h8-12H,3-7H2,1-2H3,(H,25,26,27,28). The lowest BCUT2D eigenvalue weighted by molar-refractivity contribution is 0.311. The molecule has 1 aliphatic carbocycles. The smallest absolute Gasteiger partial charge is 0.326 e. The maximum absolute atomic E-state index is 14.8. The molecule has 1 N–H and O–H groups in total. The van der Waals surface area contributed by atoms with Crippen molar-refractivity contribution in [2.24, 2.45) is 0 Å². The summed E-state index contributed by atoms with van der Waals surface area (Å²) in [5.74, 6) is 0.980. The summed E-state index contributed by atoms with van der Waals surface area (Å²) in [7, 11) is 2.10. The molecule has 5 rings (SSSR count). The lowest BCUT2D eigenvalue weighted by Gasteiger charge is -2.33. The summed E-state index contributed by atoms with van der Waals surface area (Å²) in [6, 6.07) is 5.22. The number of piperazine rings is 1. The van der Waals surface area contributed by atoms with Gasteiger partial charge in [0.25, 0.3) is 0 Å². The van der Waals surface area contributed by atoms with Crippen LogP contribution in [0.3, 0.4) is 0 Å². The molecule has 2 aliphatic rings. The SMILES string of the molecule is CC1=Cc2cc(Oc3nc(Nc4ncc(Br)s4)cc(N4CCN(C)CC4)n3)c(F)cc2C1. The Balaban J connectivity index is 1.47. The highest BCUT2D eigenvalue weighted by Gasteiger charge is 2.20. The third kappa shape index (κ3) is 4.62. The number of nitrogens with zero attached hydrogens (tertiary/aromatic N) is 5. The Bertz CT molecular complexity index is 1190. The normalized spacial score (nSPS) is 16.1. The first-order chi connectivity index (χ1) is 15.4. The van der Waals surface area contributed by atoms with Gasteiger partial charge in [0, 0.05) is 32.2 Å². The first-order valence-electron chi connectivity index (χ1n) is 10.3. The second kappa shape index (κ2) is 8.76. The van der Waals surface area contributed by atoms with Gasteiger partial charge in [0.2, 0.25) is 0 Å². The van der Waals surface area contributed by atoms with Gasteiger partial charge in [-0.2, -0.15) is 9.97 Å². The van der Waals surface area contributed by atoms with E-state index >= 15 is 0 Å². The molecule has 3 heterocycles. The van der Waals surface area contributed by atoms with Crippen molar-refractivity contribution in [2.45, 2.75) is 13.3 Å². The number of rotatable bonds is 5. The van der Waals surface area contributed by atoms with E-state index in [-0.39, 0.29) is 11.8 Å². The van der Waals surface area contributed by atoms with Crippen LogP contribution >= 0.6 is 27.3 Å². The van der Waals surface area contributed by atoms with Crippen LogP contribution in [0.5, 0.6) is 11.8 Å². The van der Waals surface area contributed by atoms with Gasteiger partial charge in [0.15, 0.2) is 16.7 Å². The highest BCUT2D eigenvalue weighted by Crippen LogP contribution is 2.34. The first-order valence-corrected chi connectivity index (χ1v) is 11.9. The molecule has 1 aromatic carbocycles. The number of allylic oxidation sites excluding steroid dienone is 1. The Morgan fingerprint density at radius 3 is 2.72 bits per heavy atom. The predicted octanol–water partition coefficient (Wildman–Crippen LogP) is 5.08. The molecule has 32 heavy (non-hydrogen) atoms. The minimum absolute atomic E-state index is 0.0945. The Hall–Kier alpha value is -2.56. The minimum Gasteiger partial charge on any atom is -0.421 e. The molecular weight excluding hydrogens is 495 g/mol. The van der Waals surface area contributed by atoms with Crippen molar-refractivity contribution in [3.63, 3.8) is 0 Å². The van der Waals surface area contributed by atoms with Crippen molar-refractivity contribution in [2.75, 3.05) is 43.4 Å². The van der Waals surface area contributed by atoms with E-state index in [0.29, 0.717) is 10.9 Å². The average molecular weight is 517 g/mol. The summed E-state index contributed by atoms with van der Waals surface area (Å²) in [6.07, 6.45) is 4.54. The third-order valence-electron chi connectivity index (χ3n) is 5.50. The molecule has 0 atom stereocenters. The predicted molar refractivity (Wildman–Crippen MR) is 129 cm³/mol. The van der Waals surface area contributed by atoms with Gasteiger partial charge >= 0.3 is 6.01 Å². The second-order valence-electron chi connectivity index (χ2n) is 8.03. The van der Waals surface area contributed by atoms with Crippen molar-refractivity contribution in [3.05, 3.63) is 50.7 Å². The number of likely N-dealkylation sites (N-methyl/N-ethyl adjacent to an activating group) is 1. The quantitative estimate of drug-likeness (QED) is 0.506. The number of anilines is 3. The van der Waals surface area contributed by atoms with Crippen molar-refractivity contribution in [3.8, 4) is 11.8 Å². The topological polar surface area (TPSA) is 66.4 Å². The summed E-state index contributed by atoms with van der Waals surface area (Å²) in [5.41, 5.74) is 3.14. The number of thiazole rings is 1. The van der Waals surface area contributed by atoms with E-state index in [1.165, 1.54) is 23.0 Å². The fraction of sp³-hybridized carbons (Fsp3) is 0.318. The maximum Gasteiger partial charge on any atom is 0.326 e. The molecule has 1 aliphatic heterocycles. The van der Waals surface area contributed by atoms with Crippen molar-refractivity contribution in [1.82, 2.24) is 19.9 Å². The number of ether oxygens (including phenoxy) is 1. The van der Waals surface area contributed by atoms with Crippen LogP contribution < -0.4 is 15.0 Å². The molecule has 0 saturated carbocycles. The summed E-state index contributed by atoms with van der Waals surface area (Å²) < 4.78 is 21.5. The van der Waals surface area contributed by atoms with E-state index in [0.717, 1.165) is 53.3 Å². The van der Waals surface area contributed by atoms with E-state index < -0.39 is 5.82 Å². The van der Waals surface area contributed by atoms with Gasteiger partial charge < -0.3 is 19.9 Å². The van der Waals surface area contributed by atoms with Crippen molar-refractivity contribution >= 4 is 50.1 Å². The monoisotopic (exact) mass is 516 g/mol. The summed E-state index contributed by atoms with van der Waals surface area (Å²) in [4.78, 5) is 17.8. The zero-order chi connectivity index (χ0) is 22.2. The van der Waals surface area contributed by atoms with Crippen LogP contribution in [0.2, 0.25) is 0 Å². The number of hydrogen-bond donors (Lipinski definition) is 1. The molecule has 1 saturated heterocycles. The number of aromatic nitrogens is 3. The lowest BCUT2D eigenvalue weighted by Crippen LogP contribution is -2.44. The molecule has 1 fully saturated rings. The van der Waals surface area contributed by atoms with Gasteiger partial charge in [-0.1, -0.05) is 23.0 Å². The number of nitrogens with one attached hydrogen (secondary N) is 1. The summed E-state index contributed by atoms with van der Waals surface area (Å²) >= 11 is 4.88.